The molecule has 3 aromatic rings. The molecule has 0 spiro atoms. The maximum atomic E-state index is 9.46. The number of anilines is 1. The number of fused-ring (bicyclic) bond motifs is 1. The van der Waals surface area contributed by atoms with Gasteiger partial charge in [0, 0.05) is 31.4 Å². The smallest absolute Gasteiger partial charge is 0.126 e. The standard InChI is InChI=1S/C18H21N3O2S/c1-21(2)15-7-5-4-6-12(15)17(24)18-19-13-8-11(10-22)16(23-3)9-14(13)20-18/h4-9,17,22,24H,10H2,1-3H3,(H,19,20). The quantitative estimate of drug-likeness (QED) is 0.623. The van der Waals surface area contributed by atoms with Gasteiger partial charge in [0.05, 0.1) is 30.0 Å². The molecule has 0 saturated carbocycles. The van der Waals surface area contributed by atoms with Crippen molar-refractivity contribution in [3.05, 3.63) is 53.3 Å². The first-order valence-electron chi connectivity index (χ1n) is 7.67. The fraction of sp³-hybridized carbons (Fsp3) is 0.278. The Morgan fingerprint density at radius 3 is 2.71 bits per heavy atom. The summed E-state index contributed by atoms with van der Waals surface area (Å²) in [5, 5.41) is 9.28. The molecule has 0 aliphatic rings. The minimum Gasteiger partial charge on any atom is -0.496 e. The van der Waals surface area contributed by atoms with Gasteiger partial charge in [0.25, 0.3) is 0 Å². The van der Waals surface area contributed by atoms with Crippen LogP contribution in [0.15, 0.2) is 36.4 Å². The van der Waals surface area contributed by atoms with Crippen LogP contribution in [0, 0.1) is 0 Å². The molecule has 24 heavy (non-hydrogen) atoms. The van der Waals surface area contributed by atoms with Gasteiger partial charge in [-0.15, -0.1) is 0 Å². The van der Waals surface area contributed by atoms with Crippen LogP contribution in [0.5, 0.6) is 5.75 Å². The number of ether oxygens (including phenoxy) is 1. The van der Waals surface area contributed by atoms with Crippen LogP contribution >= 0.6 is 12.6 Å². The molecule has 1 atom stereocenters. The Balaban J connectivity index is 2.06. The highest BCUT2D eigenvalue weighted by Crippen LogP contribution is 2.34. The summed E-state index contributed by atoms with van der Waals surface area (Å²) in [7, 11) is 5.61. The van der Waals surface area contributed by atoms with Gasteiger partial charge in [-0.1, -0.05) is 18.2 Å². The fourth-order valence-electron chi connectivity index (χ4n) is 2.82. The lowest BCUT2D eigenvalue weighted by Gasteiger charge is -2.20. The number of aromatic amines is 1. The van der Waals surface area contributed by atoms with Gasteiger partial charge in [0.1, 0.15) is 11.6 Å². The lowest BCUT2D eigenvalue weighted by molar-refractivity contribution is 0.274. The van der Waals surface area contributed by atoms with Crippen LogP contribution in [0.3, 0.4) is 0 Å². The van der Waals surface area contributed by atoms with E-state index in [0.29, 0.717) is 11.3 Å². The molecule has 0 amide bonds. The van der Waals surface area contributed by atoms with Crippen molar-refractivity contribution in [2.24, 2.45) is 0 Å². The van der Waals surface area contributed by atoms with Gasteiger partial charge in [0.15, 0.2) is 0 Å². The van der Waals surface area contributed by atoms with Crippen molar-refractivity contribution in [2.45, 2.75) is 11.9 Å². The Kier molecular flexibility index (Phi) is 4.69. The third-order valence-electron chi connectivity index (χ3n) is 4.04. The molecule has 0 aliphatic carbocycles. The molecule has 3 rings (SSSR count). The zero-order valence-electron chi connectivity index (χ0n) is 13.9. The number of imidazole rings is 1. The van der Waals surface area contributed by atoms with Crippen molar-refractivity contribution in [2.75, 3.05) is 26.1 Å². The second-order valence-corrected chi connectivity index (χ2v) is 6.33. The summed E-state index contributed by atoms with van der Waals surface area (Å²) in [5.74, 6) is 1.41. The number of aliphatic hydroxyl groups excluding tert-OH is 1. The van der Waals surface area contributed by atoms with Crippen molar-refractivity contribution in [3.8, 4) is 5.75 Å². The molecule has 2 N–H and O–H groups in total. The summed E-state index contributed by atoms with van der Waals surface area (Å²) >= 11 is 4.78. The molecule has 0 saturated heterocycles. The van der Waals surface area contributed by atoms with Crippen LogP contribution in [0.4, 0.5) is 5.69 Å². The minimum absolute atomic E-state index is 0.0882. The van der Waals surface area contributed by atoms with Crippen molar-refractivity contribution in [1.82, 2.24) is 9.97 Å². The van der Waals surface area contributed by atoms with Crippen LogP contribution in [0.25, 0.3) is 11.0 Å². The van der Waals surface area contributed by atoms with E-state index in [1.54, 1.807) is 7.11 Å². The predicted octanol–water partition coefficient (Wildman–Crippen LogP) is 3.15. The lowest BCUT2D eigenvalue weighted by Crippen LogP contribution is -2.12. The first kappa shape index (κ1) is 16.7. The molecule has 5 nitrogen and oxygen atoms in total. The van der Waals surface area contributed by atoms with Gasteiger partial charge < -0.3 is 19.7 Å². The van der Waals surface area contributed by atoms with Gasteiger partial charge in [-0.05, 0) is 17.7 Å². The van der Waals surface area contributed by atoms with E-state index in [0.717, 1.165) is 28.1 Å². The van der Waals surface area contributed by atoms with E-state index in [-0.39, 0.29) is 11.9 Å². The van der Waals surface area contributed by atoms with Gasteiger partial charge >= 0.3 is 0 Å². The first-order chi connectivity index (χ1) is 11.5. The molecule has 1 aromatic heterocycles. The highest BCUT2D eigenvalue weighted by molar-refractivity contribution is 7.80. The zero-order chi connectivity index (χ0) is 17.3. The fourth-order valence-corrected chi connectivity index (χ4v) is 3.16. The summed E-state index contributed by atoms with van der Waals surface area (Å²) in [6, 6.07) is 11.8. The summed E-state index contributed by atoms with van der Waals surface area (Å²) in [6.45, 7) is -0.0882. The molecule has 2 aromatic carbocycles. The maximum Gasteiger partial charge on any atom is 0.126 e. The van der Waals surface area contributed by atoms with Crippen LogP contribution in [-0.2, 0) is 6.61 Å². The third-order valence-corrected chi connectivity index (χ3v) is 4.57. The summed E-state index contributed by atoms with van der Waals surface area (Å²) in [6.07, 6.45) is 0. The molecule has 0 fully saturated rings. The SMILES string of the molecule is COc1cc2[nH]c(C(S)c3ccccc3N(C)C)nc2cc1CO. The number of hydrogen-bond acceptors (Lipinski definition) is 5. The summed E-state index contributed by atoms with van der Waals surface area (Å²) in [5.41, 5.74) is 4.55. The number of hydrogen-bond donors (Lipinski definition) is 3. The number of thiol groups is 1. The number of aromatic nitrogens is 2. The highest BCUT2D eigenvalue weighted by Gasteiger charge is 2.19. The number of para-hydroxylation sites is 1. The largest absolute Gasteiger partial charge is 0.496 e. The Morgan fingerprint density at radius 2 is 2.04 bits per heavy atom. The van der Waals surface area contributed by atoms with E-state index >= 15 is 0 Å². The molecule has 126 valence electrons. The van der Waals surface area contributed by atoms with E-state index in [1.165, 1.54) is 0 Å². The monoisotopic (exact) mass is 343 g/mol. The van der Waals surface area contributed by atoms with E-state index in [2.05, 4.69) is 27.0 Å². The molecule has 0 radical (unpaired) electrons. The molecule has 1 unspecified atom stereocenters. The molecule has 1 heterocycles. The van der Waals surface area contributed by atoms with Crippen molar-refractivity contribution in [1.29, 1.82) is 0 Å². The Labute approximate surface area is 146 Å². The lowest BCUT2D eigenvalue weighted by atomic mass is 10.1. The summed E-state index contributed by atoms with van der Waals surface area (Å²) < 4.78 is 5.32. The average molecular weight is 343 g/mol. The normalized spacial score (nSPS) is 12.4. The van der Waals surface area contributed by atoms with E-state index in [1.807, 2.05) is 38.4 Å². The highest BCUT2D eigenvalue weighted by atomic mass is 32.1. The van der Waals surface area contributed by atoms with Crippen LogP contribution < -0.4 is 9.64 Å². The Hall–Kier alpha value is -2.18. The van der Waals surface area contributed by atoms with Gasteiger partial charge in [0.2, 0.25) is 0 Å². The zero-order valence-corrected chi connectivity index (χ0v) is 14.8. The van der Waals surface area contributed by atoms with Crippen LogP contribution in [0.1, 0.15) is 22.2 Å². The first-order valence-corrected chi connectivity index (χ1v) is 8.18. The Morgan fingerprint density at radius 1 is 1.29 bits per heavy atom. The van der Waals surface area contributed by atoms with Gasteiger partial charge in [-0.25, -0.2) is 4.98 Å². The Bertz CT molecular complexity index is 820. The minimum atomic E-state index is -0.181. The number of nitrogens with one attached hydrogen (secondary N) is 1. The molecule has 0 bridgehead atoms. The molecule has 0 aliphatic heterocycles. The van der Waals surface area contributed by atoms with Crippen LogP contribution in [0.2, 0.25) is 0 Å². The third kappa shape index (κ3) is 2.95. The second kappa shape index (κ2) is 6.75. The van der Waals surface area contributed by atoms with Gasteiger partial charge in [-0.2, -0.15) is 12.6 Å². The topological polar surface area (TPSA) is 61.4 Å². The van der Waals surface area contributed by atoms with Gasteiger partial charge in [-0.3, -0.25) is 0 Å². The predicted molar refractivity (Wildman–Crippen MR) is 100 cm³/mol. The van der Waals surface area contributed by atoms with E-state index in [4.69, 9.17) is 17.4 Å². The van der Waals surface area contributed by atoms with Crippen molar-refractivity contribution >= 4 is 29.3 Å². The number of benzene rings is 2. The average Bonchev–Trinajstić information content (AvgIpc) is 3.02. The maximum absolute atomic E-state index is 9.46. The second-order valence-electron chi connectivity index (χ2n) is 5.82. The van der Waals surface area contributed by atoms with Crippen molar-refractivity contribution < 1.29 is 9.84 Å². The van der Waals surface area contributed by atoms with Crippen molar-refractivity contribution in [3.63, 3.8) is 0 Å². The number of nitrogens with zero attached hydrogens (tertiary/aromatic N) is 2. The molecular weight excluding hydrogens is 322 g/mol. The number of aliphatic hydroxyl groups is 1. The number of rotatable bonds is 5. The van der Waals surface area contributed by atoms with E-state index < -0.39 is 0 Å². The molecular formula is C18H21N3O2S. The van der Waals surface area contributed by atoms with Crippen LogP contribution in [-0.4, -0.2) is 36.3 Å². The number of H-pyrrole nitrogens is 1. The number of methoxy groups -OCH3 is 1. The molecule has 6 heteroatoms. The van der Waals surface area contributed by atoms with E-state index in [9.17, 15) is 5.11 Å². The summed E-state index contributed by atoms with van der Waals surface area (Å²) in [4.78, 5) is 10.0.